The molecule has 1 heteroatoms. The molecule has 9 rings (SSSR count). The molecule has 0 fully saturated rings. The zero-order chi connectivity index (χ0) is 38.4. The van der Waals surface area contributed by atoms with Crippen LogP contribution in [0.1, 0.15) is 13.7 Å². The molecule has 0 spiro atoms. The van der Waals surface area contributed by atoms with E-state index in [0.29, 0.717) is 43.8 Å². The number of fused-ring (bicyclic) bond motifs is 5. The number of para-hydroxylation sites is 1. The van der Waals surface area contributed by atoms with Crippen LogP contribution in [0, 0.1) is 0 Å². The molecule has 210 valence electrons. The van der Waals surface area contributed by atoms with E-state index in [4.69, 9.17) is 11.3 Å². The summed E-state index contributed by atoms with van der Waals surface area (Å²) in [6, 6.07) is 29.9. The van der Waals surface area contributed by atoms with Crippen LogP contribution in [0.15, 0.2) is 174 Å². The van der Waals surface area contributed by atoms with E-state index < -0.39 is 0 Å². The van der Waals surface area contributed by atoms with Crippen LogP contribution in [0.3, 0.4) is 0 Å². The Morgan fingerprint density at radius 1 is 0.378 bits per heavy atom. The van der Waals surface area contributed by atoms with Crippen LogP contribution < -0.4 is 0 Å². The number of benzene rings is 8. The minimum absolute atomic E-state index is 0.0463. The molecule has 0 aliphatic heterocycles. The fourth-order valence-corrected chi connectivity index (χ4v) is 6.20. The van der Waals surface area contributed by atoms with Crippen LogP contribution >= 0.6 is 0 Å². The Bertz CT molecular complexity index is 3000. The summed E-state index contributed by atoms with van der Waals surface area (Å²) in [7, 11) is 0. The molecule has 0 N–H and O–H groups in total. The monoisotopic (exact) mass is 582 g/mol. The lowest BCUT2D eigenvalue weighted by Crippen LogP contribution is -1.91. The minimum atomic E-state index is -0.353. The normalized spacial score (nSPS) is 14.7. The fraction of sp³-hybridized carbons (Fsp3) is 0. The molecule has 0 radical (unpaired) electrons. The van der Waals surface area contributed by atoms with Crippen molar-refractivity contribution in [1.82, 2.24) is 0 Å². The number of hydrogen-bond acceptors (Lipinski definition) is 1. The van der Waals surface area contributed by atoms with Crippen molar-refractivity contribution in [3.05, 3.63) is 170 Å². The maximum atomic E-state index is 9.64. The summed E-state index contributed by atoms with van der Waals surface area (Å²) in [5, 5.41) is 2.40. The SMILES string of the molecule is [2H]c1c([2H])c(-c2c3ccccc3c(-c3c([2H])c([2H])c4c(oc5c(-c6ccccc6)c([2H])c([2H])c([2H])c54)c3[2H])c3ccccc23)c([2H])c([2H])c1-c1ccccc1. The molecule has 1 aromatic heterocycles. The molecule has 0 unspecified atom stereocenters. The van der Waals surface area contributed by atoms with Crippen molar-refractivity contribution in [2.24, 2.45) is 0 Å². The predicted octanol–water partition coefficient (Wildman–Crippen LogP) is 12.6. The highest BCUT2D eigenvalue weighted by molar-refractivity contribution is 6.22. The van der Waals surface area contributed by atoms with E-state index >= 15 is 0 Å². The molecule has 1 heterocycles. The molecule has 1 nitrogen and oxygen atoms in total. The van der Waals surface area contributed by atoms with Crippen LogP contribution in [-0.2, 0) is 0 Å². The van der Waals surface area contributed by atoms with Crippen LogP contribution in [0.2, 0.25) is 0 Å². The lowest BCUT2D eigenvalue weighted by molar-refractivity contribution is 0.670. The van der Waals surface area contributed by atoms with Crippen molar-refractivity contribution >= 4 is 43.5 Å². The molecule has 9 aromatic rings. The average molecular weight is 583 g/mol. The van der Waals surface area contributed by atoms with Gasteiger partial charge >= 0.3 is 0 Å². The Balaban J connectivity index is 1.40. The van der Waals surface area contributed by atoms with Gasteiger partial charge in [-0.2, -0.15) is 0 Å². The van der Waals surface area contributed by atoms with E-state index in [1.807, 2.05) is 36.4 Å². The van der Waals surface area contributed by atoms with E-state index in [2.05, 4.69) is 0 Å². The Kier molecular flexibility index (Phi) is 4.01. The van der Waals surface area contributed by atoms with Gasteiger partial charge in [0.25, 0.3) is 0 Å². The van der Waals surface area contributed by atoms with Gasteiger partial charge in [0, 0.05) is 16.3 Å². The first-order chi connectivity index (χ1) is 26.5. The van der Waals surface area contributed by atoms with Gasteiger partial charge in [-0.25, -0.2) is 0 Å². The summed E-state index contributed by atoms with van der Waals surface area (Å²) in [4.78, 5) is 0. The zero-order valence-corrected chi connectivity index (χ0v) is 23.8. The standard InChI is InChI=1S/C44H28O/c1-3-12-29(13-4-1)30-22-24-32(25-23-30)42-36-16-7-9-18-38(36)43(39-19-10-8-17-37(39)42)33-26-27-35-40-21-11-20-34(31-14-5-2-6-15-31)44(40)45-41(35)28-33/h1-28H/i11D,20D,21D,22D,23D,24D,25D,26D,27D,28D. The summed E-state index contributed by atoms with van der Waals surface area (Å²) >= 11 is 0. The van der Waals surface area contributed by atoms with Crippen molar-refractivity contribution in [2.75, 3.05) is 0 Å². The second kappa shape index (κ2) is 10.4. The van der Waals surface area contributed by atoms with Crippen molar-refractivity contribution in [3.63, 3.8) is 0 Å². The van der Waals surface area contributed by atoms with Crippen molar-refractivity contribution in [2.45, 2.75) is 0 Å². The number of furan rings is 1. The van der Waals surface area contributed by atoms with Crippen molar-refractivity contribution in [1.29, 1.82) is 0 Å². The lowest BCUT2D eigenvalue weighted by atomic mass is 9.85. The molecule has 0 saturated carbocycles. The smallest absolute Gasteiger partial charge is 0.143 e. The van der Waals surface area contributed by atoms with Gasteiger partial charge in [-0.05, 0) is 72.6 Å². The first-order valence-electron chi connectivity index (χ1n) is 19.6. The van der Waals surface area contributed by atoms with Gasteiger partial charge in [0.15, 0.2) is 0 Å². The molecule has 45 heavy (non-hydrogen) atoms. The van der Waals surface area contributed by atoms with E-state index in [1.54, 1.807) is 72.8 Å². The molecule has 0 aliphatic rings. The van der Waals surface area contributed by atoms with Gasteiger partial charge in [-0.15, -0.1) is 0 Å². The first-order valence-corrected chi connectivity index (χ1v) is 14.6. The van der Waals surface area contributed by atoms with E-state index in [0.717, 1.165) is 0 Å². The quantitative estimate of drug-likeness (QED) is 0.188. The molecular formula is C44H28O. The highest BCUT2D eigenvalue weighted by Gasteiger charge is 2.18. The summed E-state index contributed by atoms with van der Waals surface area (Å²) < 4.78 is 97.8. The third kappa shape index (κ3) is 4.17. The molecule has 0 atom stereocenters. The van der Waals surface area contributed by atoms with Gasteiger partial charge in [-0.1, -0.05) is 158 Å². The van der Waals surface area contributed by atoms with Crippen molar-refractivity contribution in [3.8, 4) is 44.5 Å². The Morgan fingerprint density at radius 2 is 0.889 bits per heavy atom. The van der Waals surface area contributed by atoms with E-state index in [-0.39, 0.29) is 105 Å². The molecule has 0 aliphatic carbocycles. The molecular weight excluding hydrogens is 544 g/mol. The highest BCUT2D eigenvalue weighted by Crippen LogP contribution is 2.45. The topological polar surface area (TPSA) is 13.1 Å². The van der Waals surface area contributed by atoms with Gasteiger partial charge < -0.3 is 4.42 Å². The van der Waals surface area contributed by atoms with E-state index in [9.17, 15) is 6.85 Å². The summed E-state index contributed by atoms with van der Waals surface area (Å²) in [6.07, 6.45) is 0. The summed E-state index contributed by atoms with van der Waals surface area (Å²) in [5.41, 5.74) is 2.80. The second-order valence-corrected chi connectivity index (χ2v) is 10.8. The Morgan fingerprint density at radius 3 is 1.51 bits per heavy atom. The van der Waals surface area contributed by atoms with Gasteiger partial charge in [0.1, 0.15) is 11.2 Å². The molecule has 0 bridgehead atoms. The predicted molar refractivity (Wildman–Crippen MR) is 190 cm³/mol. The first kappa shape index (κ1) is 17.4. The second-order valence-electron chi connectivity index (χ2n) is 10.8. The molecule has 8 aromatic carbocycles. The molecule has 0 amide bonds. The van der Waals surface area contributed by atoms with Gasteiger partial charge in [-0.3, -0.25) is 0 Å². The number of hydrogen-bond donors (Lipinski definition) is 0. The Hall–Kier alpha value is -5.92. The van der Waals surface area contributed by atoms with Crippen LogP contribution in [-0.4, -0.2) is 0 Å². The molecule has 0 saturated heterocycles. The zero-order valence-electron chi connectivity index (χ0n) is 33.8. The largest absolute Gasteiger partial charge is 0.455 e. The fourth-order valence-electron chi connectivity index (χ4n) is 6.20. The van der Waals surface area contributed by atoms with Crippen LogP contribution in [0.25, 0.3) is 88.0 Å². The van der Waals surface area contributed by atoms with E-state index in [1.165, 1.54) is 0 Å². The highest BCUT2D eigenvalue weighted by atomic mass is 16.3. The van der Waals surface area contributed by atoms with Crippen LogP contribution in [0.5, 0.6) is 0 Å². The average Bonchev–Trinajstić information content (AvgIpc) is 3.61. The van der Waals surface area contributed by atoms with Gasteiger partial charge in [0.05, 0.1) is 13.7 Å². The number of rotatable bonds is 4. The summed E-state index contributed by atoms with van der Waals surface area (Å²) in [5.74, 6) is 0. The Labute approximate surface area is 275 Å². The third-order valence-electron chi connectivity index (χ3n) is 8.24. The third-order valence-corrected chi connectivity index (χ3v) is 8.24. The maximum absolute atomic E-state index is 9.64. The van der Waals surface area contributed by atoms with Crippen LogP contribution in [0.4, 0.5) is 0 Å². The summed E-state index contributed by atoms with van der Waals surface area (Å²) in [6.45, 7) is 0. The van der Waals surface area contributed by atoms with Gasteiger partial charge in [0.2, 0.25) is 0 Å². The lowest BCUT2D eigenvalue weighted by Gasteiger charge is -2.18. The maximum Gasteiger partial charge on any atom is 0.143 e. The van der Waals surface area contributed by atoms with Crippen molar-refractivity contribution < 1.29 is 18.1 Å². The minimum Gasteiger partial charge on any atom is -0.455 e.